The zero-order chi connectivity index (χ0) is 17.3. The third kappa shape index (κ3) is 2.97. The molecule has 0 spiro atoms. The fourth-order valence-electron chi connectivity index (χ4n) is 2.87. The van der Waals surface area contributed by atoms with Crippen LogP contribution in [0.5, 0.6) is 5.75 Å². The molecule has 0 saturated carbocycles. The van der Waals surface area contributed by atoms with Crippen molar-refractivity contribution < 1.29 is 19.4 Å². The number of amides is 1. The van der Waals surface area contributed by atoms with Crippen molar-refractivity contribution in [3.05, 3.63) is 59.2 Å². The summed E-state index contributed by atoms with van der Waals surface area (Å²) in [5.74, 6) is -1.12. The van der Waals surface area contributed by atoms with Crippen LogP contribution in [0.1, 0.15) is 28.4 Å². The standard InChI is InChI=1S/C19H19NO4/c1-12-7-8-17(21)15(11-12)19(23)24-13(2)18(22)20-10-9-14-5-3-4-6-16(14)20/h3-8,11,13,21H,9-10H2,1-2H3/t13-/m0/s1. The molecule has 0 fully saturated rings. The van der Waals surface area contributed by atoms with Gasteiger partial charge in [0, 0.05) is 12.2 Å². The SMILES string of the molecule is Cc1ccc(O)c(C(=O)O[C@@H](C)C(=O)N2CCc3ccccc32)c1. The number of hydrogen-bond acceptors (Lipinski definition) is 4. The van der Waals surface area contributed by atoms with Gasteiger partial charge in [-0.1, -0.05) is 29.8 Å². The number of benzene rings is 2. The Labute approximate surface area is 140 Å². The fourth-order valence-corrected chi connectivity index (χ4v) is 2.87. The Morgan fingerprint density at radius 2 is 1.96 bits per heavy atom. The highest BCUT2D eigenvalue weighted by Gasteiger charge is 2.30. The predicted molar refractivity (Wildman–Crippen MR) is 90.2 cm³/mol. The van der Waals surface area contributed by atoms with Crippen molar-refractivity contribution >= 4 is 17.6 Å². The lowest BCUT2D eigenvalue weighted by molar-refractivity contribution is -0.126. The van der Waals surface area contributed by atoms with Crippen molar-refractivity contribution in [3.63, 3.8) is 0 Å². The molecule has 1 amide bonds. The number of nitrogens with zero attached hydrogens (tertiary/aromatic N) is 1. The van der Waals surface area contributed by atoms with Crippen molar-refractivity contribution in [2.24, 2.45) is 0 Å². The molecule has 5 nitrogen and oxygen atoms in total. The summed E-state index contributed by atoms with van der Waals surface area (Å²) in [5, 5.41) is 9.80. The summed E-state index contributed by atoms with van der Waals surface area (Å²) in [7, 11) is 0. The van der Waals surface area contributed by atoms with Gasteiger partial charge in [0.1, 0.15) is 11.3 Å². The van der Waals surface area contributed by atoms with E-state index in [4.69, 9.17) is 4.74 Å². The Hall–Kier alpha value is -2.82. The maximum absolute atomic E-state index is 12.6. The van der Waals surface area contributed by atoms with Crippen molar-refractivity contribution in [1.29, 1.82) is 0 Å². The number of hydrogen-bond donors (Lipinski definition) is 1. The van der Waals surface area contributed by atoms with E-state index < -0.39 is 12.1 Å². The summed E-state index contributed by atoms with van der Waals surface area (Å²) < 4.78 is 5.27. The first-order valence-corrected chi connectivity index (χ1v) is 7.87. The Balaban J connectivity index is 1.73. The van der Waals surface area contributed by atoms with Crippen LogP contribution in [0.4, 0.5) is 5.69 Å². The van der Waals surface area contributed by atoms with Crippen LogP contribution in [0, 0.1) is 6.92 Å². The molecule has 1 aliphatic heterocycles. The number of esters is 1. The molecule has 5 heteroatoms. The van der Waals surface area contributed by atoms with E-state index in [2.05, 4.69) is 0 Å². The van der Waals surface area contributed by atoms with Gasteiger partial charge in [0.05, 0.1) is 0 Å². The second-order valence-corrected chi connectivity index (χ2v) is 5.94. The van der Waals surface area contributed by atoms with E-state index in [1.54, 1.807) is 24.0 Å². The molecule has 0 aromatic heterocycles. The number of phenols is 1. The van der Waals surface area contributed by atoms with Gasteiger partial charge in [-0.05, 0) is 44.0 Å². The van der Waals surface area contributed by atoms with Crippen LogP contribution >= 0.6 is 0 Å². The number of carbonyl (C=O) groups excluding carboxylic acids is 2. The summed E-state index contributed by atoms with van der Waals surface area (Å²) in [6.45, 7) is 3.94. The molecular formula is C19H19NO4. The lowest BCUT2D eigenvalue weighted by Gasteiger charge is -2.21. The number of aromatic hydroxyl groups is 1. The molecule has 0 bridgehead atoms. The lowest BCUT2D eigenvalue weighted by atomic mass is 10.1. The predicted octanol–water partition coefficient (Wildman–Crippen LogP) is 2.84. The Morgan fingerprint density at radius 1 is 1.21 bits per heavy atom. The molecular weight excluding hydrogens is 306 g/mol. The molecule has 2 aromatic carbocycles. The molecule has 1 aliphatic rings. The number of carbonyl (C=O) groups is 2. The van der Waals surface area contributed by atoms with E-state index in [0.29, 0.717) is 6.54 Å². The van der Waals surface area contributed by atoms with Gasteiger partial charge >= 0.3 is 5.97 Å². The quantitative estimate of drug-likeness (QED) is 0.881. The van der Waals surface area contributed by atoms with E-state index in [1.165, 1.54) is 6.07 Å². The summed E-state index contributed by atoms with van der Waals surface area (Å²) in [6, 6.07) is 12.4. The minimum absolute atomic E-state index is 0.0662. The highest BCUT2D eigenvalue weighted by Crippen LogP contribution is 2.28. The van der Waals surface area contributed by atoms with Crippen LogP contribution in [0.3, 0.4) is 0 Å². The maximum Gasteiger partial charge on any atom is 0.342 e. The van der Waals surface area contributed by atoms with E-state index in [9.17, 15) is 14.7 Å². The molecule has 24 heavy (non-hydrogen) atoms. The van der Waals surface area contributed by atoms with Crippen molar-refractivity contribution in [2.75, 3.05) is 11.4 Å². The van der Waals surface area contributed by atoms with Crippen molar-refractivity contribution in [1.82, 2.24) is 0 Å². The highest BCUT2D eigenvalue weighted by molar-refractivity contribution is 6.00. The zero-order valence-electron chi connectivity index (χ0n) is 13.7. The van der Waals surface area contributed by atoms with Gasteiger partial charge in [0.25, 0.3) is 5.91 Å². The maximum atomic E-state index is 12.6. The smallest absolute Gasteiger partial charge is 0.342 e. The monoisotopic (exact) mass is 325 g/mol. The molecule has 1 heterocycles. The number of fused-ring (bicyclic) bond motifs is 1. The Morgan fingerprint density at radius 3 is 2.75 bits per heavy atom. The van der Waals surface area contributed by atoms with Gasteiger partial charge in [-0.15, -0.1) is 0 Å². The molecule has 0 radical (unpaired) electrons. The van der Waals surface area contributed by atoms with Crippen LogP contribution in [0.15, 0.2) is 42.5 Å². The number of anilines is 1. The first-order valence-electron chi connectivity index (χ1n) is 7.87. The average Bonchev–Trinajstić information content (AvgIpc) is 3.00. The fraction of sp³-hybridized carbons (Fsp3) is 0.263. The highest BCUT2D eigenvalue weighted by atomic mass is 16.5. The Kier molecular flexibility index (Phi) is 4.25. The second kappa shape index (κ2) is 6.35. The van der Waals surface area contributed by atoms with E-state index in [0.717, 1.165) is 23.2 Å². The van der Waals surface area contributed by atoms with Gasteiger partial charge in [0.15, 0.2) is 6.10 Å². The van der Waals surface area contributed by atoms with E-state index >= 15 is 0 Å². The van der Waals surface area contributed by atoms with E-state index in [1.807, 2.05) is 31.2 Å². The topological polar surface area (TPSA) is 66.8 Å². The van der Waals surface area contributed by atoms with Gasteiger partial charge in [-0.3, -0.25) is 4.79 Å². The molecule has 124 valence electrons. The second-order valence-electron chi connectivity index (χ2n) is 5.94. The van der Waals surface area contributed by atoms with Crippen molar-refractivity contribution in [2.45, 2.75) is 26.4 Å². The minimum Gasteiger partial charge on any atom is -0.507 e. The minimum atomic E-state index is -0.927. The lowest BCUT2D eigenvalue weighted by Crippen LogP contribution is -2.39. The van der Waals surface area contributed by atoms with Gasteiger partial charge in [-0.25, -0.2) is 4.79 Å². The number of ether oxygens (including phenoxy) is 1. The molecule has 0 aliphatic carbocycles. The Bertz CT molecular complexity index is 800. The molecule has 0 saturated heterocycles. The van der Waals surface area contributed by atoms with Crippen LogP contribution in [-0.2, 0) is 16.0 Å². The normalized spacial score (nSPS) is 14.2. The molecule has 3 rings (SSSR count). The first-order chi connectivity index (χ1) is 11.5. The van der Waals surface area contributed by atoms with Crippen LogP contribution in [0.2, 0.25) is 0 Å². The van der Waals surface area contributed by atoms with Gasteiger partial charge < -0.3 is 14.7 Å². The third-order valence-corrected chi connectivity index (χ3v) is 4.16. The average molecular weight is 325 g/mol. The summed E-state index contributed by atoms with van der Waals surface area (Å²) in [6.07, 6.45) is -0.134. The molecule has 2 aromatic rings. The first kappa shape index (κ1) is 16.1. The number of rotatable bonds is 3. The van der Waals surface area contributed by atoms with Crippen molar-refractivity contribution in [3.8, 4) is 5.75 Å². The summed E-state index contributed by atoms with van der Waals surface area (Å²) in [4.78, 5) is 26.5. The summed E-state index contributed by atoms with van der Waals surface area (Å²) in [5.41, 5.74) is 2.87. The van der Waals surface area contributed by atoms with E-state index in [-0.39, 0.29) is 17.2 Å². The van der Waals surface area contributed by atoms with Crippen LogP contribution in [-0.4, -0.2) is 29.6 Å². The van der Waals surface area contributed by atoms with Crippen LogP contribution in [0.25, 0.3) is 0 Å². The number of phenolic OH excluding ortho intramolecular Hbond substituents is 1. The van der Waals surface area contributed by atoms with Crippen LogP contribution < -0.4 is 4.90 Å². The summed E-state index contributed by atoms with van der Waals surface area (Å²) >= 11 is 0. The van der Waals surface area contributed by atoms with Gasteiger partial charge in [0.2, 0.25) is 0 Å². The zero-order valence-corrected chi connectivity index (χ0v) is 13.7. The largest absolute Gasteiger partial charge is 0.507 e. The van der Waals surface area contributed by atoms with Gasteiger partial charge in [-0.2, -0.15) is 0 Å². The number of para-hydroxylation sites is 1. The third-order valence-electron chi connectivity index (χ3n) is 4.16. The molecule has 1 N–H and O–H groups in total. The number of aryl methyl sites for hydroxylation is 1. The molecule has 1 atom stereocenters. The molecule has 0 unspecified atom stereocenters.